The van der Waals surface area contributed by atoms with Crippen LogP contribution in [0, 0.1) is 6.92 Å². The van der Waals surface area contributed by atoms with Crippen molar-refractivity contribution in [3.63, 3.8) is 0 Å². The predicted octanol–water partition coefficient (Wildman–Crippen LogP) is 3.43. The Morgan fingerprint density at radius 3 is 2.85 bits per heavy atom. The van der Waals surface area contributed by atoms with Gasteiger partial charge in [0, 0.05) is 6.54 Å². The third-order valence-electron chi connectivity index (χ3n) is 3.15. The van der Waals surface area contributed by atoms with Gasteiger partial charge in [-0.05, 0) is 30.2 Å². The third-order valence-corrected chi connectivity index (χ3v) is 3.55. The van der Waals surface area contributed by atoms with Gasteiger partial charge < -0.3 is 5.32 Å². The van der Waals surface area contributed by atoms with Gasteiger partial charge in [0.15, 0.2) is 5.65 Å². The Bertz CT molecular complexity index is 708. The SMILES string of the molecule is Cc1cc(NCC(Cl)c2ccccc2)n2ncnc2c1. The van der Waals surface area contributed by atoms with E-state index in [0.717, 1.165) is 22.6 Å². The molecule has 2 aromatic heterocycles. The highest BCUT2D eigenvalue weighted by Gasteiger charge is 2.09. The van der Waals surface area contributed by atoms with Crippen LogP contribution in [0.15, 0.2) is 48.8 Å². The minimum absolute atomic E-state index is 0.0877. The summed E-state index contributed by atoms with van der Waals surface area (Å²) in [7, 11) is 0. The quantitative estimate of drug-likeness (QED) is 0.747. The molecule has 0 saturated heterocycles. The van der Waals surface area contributed by atoms with Crippen LogP contribution in [0.2, 0.25) is 0 Å². The molecule has 1 atom stereocenters. The molecule has 0 aliphatic rings. The number of aromatic nitrogens is 3. The minimum atomic E-state index is -0.0877. The van der Waals surface area contributed by atoms with E-state index in [4.69, 9.17) is 11.6 Å². The normalized spacial score (nSPS) is 12.5. The lowest BCUT2D eigenvalue weighted by atomic mass is 10.1. The standard InChI is InChI=1S/C15H15ClN4/c1-11-7-14(20-15(8-11)18-10-19-20)17-9-13(16)12-5-3-2-4-6-12/h2-8,10,13,17H,9H2,1H3. The number of nitrogens with one attached hydrogen (secondary N) is 1. The summed E-state index contributed by atoms with van der Waals surface area (Å²) in [5, 5.41) is 7.46. The first kappa shape index (κ1) is 12.9. The smallest absolute Gasteiger partial charge is 0.157 e. The Balaban J connectivity index is 1.78. The number of anilines is 1. The van der Waals surface area contributed by atoms with E-state index in [-0.39, 0.29) is 5.38 Å². The molecule has 1 unspecified atom stereocenters. The second-order valence-electron chi connectivity index (χ2n) is 4.71. The molecule has 0 amide bonds. The van der Waals surface area contributed by atoms with E-state index in [9.17, 15) is 0 Å². The van der Waals surface area contributed by atoms with E-state index in [0.29, 0.717) is 6.54 Å². The second kappa shape index (κ2) is 5.51. The van der Waals surface area contributed by atoms with Gasteiger partial charge in [-0.25, -0.2) is 4.98 Å². The summed E-state index contributed by atoms with van der Waals surface area (Å²) in [6.45, 7) is 2.67. The number of pyridine rings is 1. The van der Waals surface area contributed by atoms with Gasteiger partial charge in [0.2, 0.25) is 0 Å². The van der Waals surface area contributed by atoms with Crippen LogP contribution in [-0.4, -0.2) is 21.1 Å². The number of benzene rings is 1. The number of rotatable bonds is 4. The largest absolute Gasteiger partial charge is 0.368 e. The molecule has 0 aliphatic carbocycles. The van der Waals surface area contributed by atoms with E-state index in [2.05, 4.69) is 15.4 Å². The highest BCUT2D eigenvalue weighted by atomic mass is 35.5. The Labute approximate surface area is 122 Å². The van der Waals surface area contributed by atoms with Crippen LogP contribution in [0.1, 0.15) is 16.5 Å². The van der Waals surface area contributed by atoms with Crippen LogP contribution >= 0.6 is 11.6 Å². The second-order valence-corrected chi connectivity index (χ2v) is 5.23. The van der Waals surface area contributed by atoms with Crippen molar-refractivity contribution in [1.82, 2.24) is 14.6 Å². The van der Waals surface area contributed by atoms with E-state index in [1.54, 1.807) is 10.8 Å². The molecule has 0 fully saturated rings. The van der Waals surface area contributed by atoms with Crippen molar-refractivity contribution < 1.29 is 0 Å². The molecule has 5 heteroatoms. The van der Waals surface area contributed by atoms with Crippen LogP contribution < -0.4 is 5.32 Å². The minimum Gasteiger partial charge on any atom is -0.368 e. The molecule has 1 aromatic carbocycles. The maximum atomic E-state index is 6.41. The summed E-state index contributed by atoms with van der Waals surface area (Å²) >= 11 is 6.41. The Morgan fingerprint density at radius 2 is 2.05 bits per heavy atom. The number of fused-ring (bicyclic) bond motifs is 1. The number of nitrogens with zero attached hydrogens (tertiary/aromatic N) is 3. The van der Waals surface area contributed by atoms with Gasteiger partial charge in [-0.15, -0.1) is 11.6 Å². The van der Waals surface area contributed by atoms with Crippen LogP contribution in [0.3, 0.4) is 0 Å². The van der Waals surface area contributed by atoms with Crippen LogP contribution in [0.4, 0.5) is 5.82 Å². The molecule has 20 heavy (non-hydrogen) atoms. The number of hydrogen-bond donors (Lipinski definition) is 1. The van der Waals surface area contributed by atoms with E-state index >= 15 is 0 Å². The fourth-order valence-corrected chi connectivity index (χ4v) is 2.38. The first-order valence-corrected chi connectivity index (χ1v) is 6.91. The third kappa shape index (κ3) is 2.60. The molecule has 4 nitrogen and oxygen atoms in total. The van der Waals surface area contributed by atoms with Gasteiger partial charge in [0.05, 0.1) is 5.38 Å². The van der Waals surface area contributed by atoms with Crippen molar-refractivity contribution in [2.75, 3.05) is 11.9 Å². The molecule has 1 N–H and O–H groups in total. The van der Waals surface area contributed by atoms with Crippen molar-refractivity contribution in [2.24, 2.45) is 0 Å². The van der Waals surface area contributed by atoms with Crippen molar-refractivity contribution in [3.05, 3.63) is 59.9 Å². The van der Waals surface area contributed by atoms with Gasteiger partial charge in [0.1, 0.15) is 12.1 Å². The maximum absolute atomic E-state index is 6.41. The fourth-order valence-electron chi connectivity index (χ4n) is 2.16. The zero-order chi connectivity index (χ0) is 13.9. The maximum Gasteiger partial charge on any atom is 0.157 e. The number of aryl methyl sites for hydroxylation is 1. The number of hydrogen-bond acceptors (Lipinski definition) is 3. The molecule has 0 saturated carbocycles. The summed E-state index contributed by atoms with van der Waals surface area (Å²) < 4.78 is 1.78. The fraction of sp³-hybridized carbons (Fsp3) is 0.200. The lowest BCUT2D eigenvalue weighted by Crippen LogP contribution is -2.11. The average Bonchev–Trinajstić information content (AvgIpc) is 2.93. The van der Waals surface area contributed by atoms with Crippen LogP contribution in [-0.2, 0) is 0 Å². The average molecular weight is 287 g/mol. The van der Waals surface area contributed by atoms with Gasteiger partial charge in [-0.2, -0.15) is 9.61 Å². The van der Waals surface area contributed by atoms with Gasteiger partial charge in [-0.3, -0.25) is 0 Å². The Kier molecular flexibility index (Phi) is 3.56. The van der Waals surface area contributed by atoms with Crippen molar-refractivity contribution in [3.8, 4) is 0 Å². The predicted molar refractivity (Wildman–Crippen MR) is 81.2 cm³/mol. The first-order chi connectivity index (χ1) is 9.74. The molecule has 0 radical (unpaired) electrons. The molecule has 102 valence electrons. The molecule has 0 aliphatic heterocycles. The lowest BCUT2D eigenvalue weighted by molar-refractivity contribution is 0.912. The molecular formula is C15H15ClN4. The summed E-state index contributed by atoms with van der Waals surface area (Å²) in [5.74, 6) is 0.902. The zero-order valence-corrected chi connectivity index (χ0v) is 11.9. The van der Waals surface area contributed by atoms with Crippen molar-refractivity contribution >= 4 is 23.1 Å². The first-order valence-electron chi connectivity index (χ1n) is 6.47. The van der Waals surface area contributed by atoms with E-state index < -0.39 is 0 Å². The lowest BCUT2D eigenvalue weighted by Gasteiger charge is -2.13. The Morgan fingerprint density at radius 1 is 1.25 bits per heavy atom. The molecule has 0 spiro atoms. The molecule has 3 rings (SSSR count). The molecule has 3 aromatic rings. The monoisotopic (exact) mass is 286 g/mol. The molecule has 2 heterocycles. The van der Waals surface area contributed by atoms with Crippen molar-refractivity contribution in [2.45, 2.75) is 12.3 Å². The van der Waals surface area contributed by atoms with Gasteiger partial charge in [-0.1, -0.05) is 30.3 Å². The van der Waals surface area contributed by atoms with E-state index in [1.165, 1.54) is 0 Å². The number of halogens is 1. The van der Waals surface area contributed by atoms with Crippen LogP contribution in [0.25, 0.3) is 5.65 Å². The topological polar surface area (TPSA) is 42.2 Å². The highest BCUT2D eigenvalue weighted by Crippen LogP contribution is 2.21. The van der Waals surface area contributed by atoms with Gasteiger partial charge in [0.25, 0.3) is 0 Å². The number of alkyl halides is 1. The van der Waals surface area contributed by atoms with Crippen molar-refractivity contribution in [1.29, 1.82) is 0 Å². The molecule has 0 bridgehead atoms. The summed E-state index contributed by atoms with van der Waals surface area (Å²) in [5.41, 5.74) is 3.07. The molecular weight excluding hydrogens is 272 g/mol. The summed E-state index contributed by atoms with van der Waals surface area (Å²) in [6, 6.07) is 14.1. The summed E-state index contributed by atoms with van der Waals surface area (Å²) in [4.78, 5) is 4.20. The van der Waals surface area contributed by atoms with E-state index in [1.807, 2.05) is 49.4 Å². The van der Waals surface area contributed by atoms with Gasteiger partial charge >= 0.3 is 0 Å². The Hall–Kier alpha value is -2.07. The zero-order valence-electron chi connectivity index (χ0n) is 11.1. The summed E-state index contributed by atoms with van der Waals surface area (Å²) in [6.07, 6.45) is 1.55. The highest BCUT2D eigenvalue weighted by molar-refractivity contribution is 6.21. The van der Waals surface area contributed by atoms with Crippen LogP contribution in [0.5, 0.6) is 0 Å².